The standard InChI is InChI=1S/C9H15NO2/c1-9(2)8(11)7(6-12-9)5-10(3)4/h5H,6H2,1-4H3/b7-5-. The van der Waals surface area contributed by atoms with Crippen molar-refractivity contribution in [1.29, 1.82) is 0 Å². The second-order valence-electron chi connectivity index (χ2n) is 3.75. The van der Waals surface area contributed by atoms with Crippen LogP contribution in [0.25, 0.3) is 0 Å². The fraction of sp³-hybridized carbons (Fsp3) is 0.667. The minimum Gasteiger partial charge on any atom is -0.383 e. The number of ether oxygens (including phenoxy) is 1. The Bertz CT molecular complexity index is 229. The third-order valence-electron chi connectivity index (χ3n) is 1.84. The van der Waals surface area contributed by atoms with Crippen molar-refractivity contribution in [1.82, 2.24) is 4.90 Å². The van der Waals surface area contributed by atoms with Crippen molar-refractivity contribution in [2.24, 2.45) is 0 Å². The smallest absolute Gasteiger partial charge is 0.193 e. The highest BCUT2D eigenvalue weighted by atomic mass is 16.5. The Morgan fingerprint density at radius 1 is 1.50 bits per heavy atom. The van der Waals surface area contributed by atoms with Gasteiger partial charge in [0.25, 0.3) is 0 Å². The highest BCUT2D eigenvalue weighted by Crippen LogP contribution is 2.24. The summed E-state index contributed by atoms with van der Waals surface area (Å²) in [5.41, 5.74) is 0.131. The molecule has 3 nitrogen and oxygen atoms in total. The molecule has 0 aliphatic carbocycles. The molecule has 0 aromatic heterocycles. The first-order valence-electron chi connectivity index (χ1n) is 3.99. The van der Waals surface area contributed by atoms with E-state index in [4.69, 9.17) is 4.74 Å². The van der Waals surface area contributed by atoms with E-state index in [0.29, 0.717) is 6.61 Å². The van der Waals surface area contributed by atoms with Gasteiger partial charge in [0.2, 0.25) is 0 Å². The summed E-state index contributed by atoms with van der Waals surface area (Å²) in [5.74, 6) is 0.0937. The summed E-state index contributed by atoms with van der Waals surface area (Å²) in [6, 6.07) is 0. The van der Waals surface area contributed by atoms with E-state index in [1.165, 1.54) is 0 Å². The van der Waals surface area contributed by atoms with E-state index in [1.807, 2.05) is 25.2 Å². The Hall–Kier alpha value is -0.830. The zero-order valence-electron chi connectivity index (χ0n) is 8.05. The molecule has 0 spiro atoms. The molecular weight excluding hydrogens is 154 g/mol. The first-order valence-corrected chi connectivity index (χ1v) is 3.99. The maximum atomic E-state index is 11.5. The normalized spacial score (nSPS) is 25.0. The van der Waals surface area contributed by atoms with E-state index in [9.17, 15) is 4.79 Å². The summed E-state index contributed by atoms with van der Waals surface area (Å²) in [4.78, 5) is 13.4. The first-order chi connectivity index (χ1) is 5.43. The van der Waals surface area contributed by atoms with E-state index >= 15 is 0 Å². The van der Waals surface area contributed by atoms with Crippen molar-refractivity contribution in [3.05, 3.63) is 11.8 Å². The van der Waals surface area contributed by atoms with Crippen molar-refractivity contribution < 1.29 is 9.53 Å². The quantitative estimate of drug-likeness (QED) is 0.544. The van der Waals surface area contributed by atoms with E-state index < -0.39 is 5.60 Å². The molecule has 0 radical (unpaired) electrons. The molecule has 1 fully saturated rings. The Morgan fingerprint density at radius 3 is 2.42 bits per heavy atom. The van der Waals surface area contributed by atoms with Crippen LogP contribution in [-0.2, 0) is 9.53 Å². The monoisotopic (exact) mass is 169 g/mol. The Morgan fingerprint density at radius 2 is 2.08 bits per heavy atom. The average Bonchev–Trinajstić information content (AvgIpc) is 2.15. The minimum absolute atomic E-state index is 0.0937. The molecule has 0 unspecified atom stereocenters. The van der Waals surface area contributed by atoms with Crippen molar-refractivity contribution in [2.45, 2.75) is 19.4 Å². The number of carbonyl (C=O) groups is 1. The number of Topliss-reactive ketones (excluding diaryl/α,β-unsaturated/α-hetero) is 1. The second kappa shape index (κ2) is 2.90. The van der Waals surface area contributed by atoms with Gasteiger partial charge in [0, 0.05) is 25.9 Å². The van der Waals surface area contributed by atoms with E-state index in [-0.39, 0.29) is 5.78 Å². The van der Waals surface area contributed by atoms with Crippen LogP contribution in [0.1, 0.15) is 13.8 Å². The Balaban J connectivity index is 2.81. The molecule has 1 aliphatic rings. The molecule has 3 heteroatoms. The molecule has 1 saturated heterocycles. The second-order valence-corrected chi connectivity index (χ2v) is 3.75. The minimum atomic E-state index is -0.623. The van der Waals surface area contributed by atoms with Crippen LogP contribution in [-0.4, -0.2) is 37.0 Å². The molecule has 1 rings (SSSR count). The maximum Gasteiger partial charge on any atom is 0.193 e. The fourth-order valence-electron chi connectivity index (χ4n) is 1.18. The summed E-state index contributed by atoms with van der Waals surface area (Å²) < 4.78 is 5.32. The lowest BCUT2D eigenvalue weighted by Crippen LogP contribution is -2.27. The van der Waals surface area contributed by atoms with E-state index in [1.54, 1.807) is 13.8 Å². The molecule has 0 saturated carbocycles. The van der Waals surface area contributed by atoms with Gasteiger partial charge in [0.15, 0.2) is 5.78 Å². The predicted molar refractivity (Wildman–Crippen MR) is 46.8 cm³/mol. The van der Waals surface area contributed by atoms with Crippen molar-refractivity contribution >= 4 is 5.78 Å². The lowest BCUT2D eigenvalue weighted by atomic mass is 10.0. The molecule has 1 heterocycles. The van der Waals surface area contributed by atoms with Gasteiger partial charge in [-0.05, 0) is 13.8 Å². The molecule has 0 aromatic carbocycles. The van der Waals surface area contributed by atoms with Gasteiger partial charge in [-0.3, -0.25) is 4.79 Å². The molecule has 0 N–H and O–H groups in total. The number of carbonyl (C=O) groups excluding carboxylic acids is 1. The molecular formula is C9H15NO2. The number of hydrogen-bond acceptors (Lipinski definition) is 3. The Kier molecular flexibility index (Phi) is 2.24. The van der Waals surface area contributed by atoms with Crippen LogP contribution in [0.4, 0.5) is 0 Å². The van der Waals surface area contributed by atoms with Crippen LogP contribution < -0.4 is 0 Å². The summed E-state index contributed by atoms with van der Waals surface area (Å²) in [5, 5.41) is 0. The van der Waals surface area contributed by atoms with Crippen LogP contribution in [0.15, 0.2) is 11.8 Å². The average molecular weight is 169 g/mol. The van der Waals surface area contributed by atoms with Gasteiger partial charge in [0.1, 0.15) is 5.60 Å². The van der Waals surface area contributed by atoms with Gasteiger partial charge in [-0.15, -0.1) is 0 Å². The van der Waals surface area contributed by atoms with Gasteiger partial charge in [-0.2, -0.15) is 0 Å². The van der Waals surface area contributed by atoms with Crippen LogP contribution in [0.3, 0.4) is 0 Å². The molecule has 0 bridgehead atoms. The summed E-state index contributed by atoms with van der Waals surface area (Å²) in [7, 11) is 3.79. The number of nitrogens with zero attached hydrogens (tertiary/aromatic N) is 1. The molecule has 1 aliphatic heterocycles. The third kappa shape index (κ3) is 1.67. The highest BCUT2D eigenvalue weighted by molar-refractivity contribution is 6.03. The topological polar surface area (TPSA) is 29.5 Å². The maximum absolute atomic E-state index is 11.5. The molecule has 0 atom stereocenters. The largest absolute Gasteiger partial charge is 0.383 e. The summed E-state index contributed by atoms with van der Waals surface area (Å²) in [6.45, 7) is 4.03. The van der Waals surface area contributed by atoms with Gasteiger partial charge >= 0.3 is 0 Å². The van der Waals surface area contributed by atoms with Gasteiger partial charge < -0.3 is 9.64 Å². The van der Waals surface area contributed by atoms with Crippen LogP contribution in [0.2, 0.25) is 0 Å². The van der Waals surface area contributed by atoms with Gasteiger partial charge in [0.05, 0.1) is 6.61 Å². The van der Waals surface area contributed by atoms with Crippen molar-refractivity contribution in [2.75, 3.05) is 20.7 Å². The molecule has 0 amide bonds. The number of ketones is 1. The lowest BCUT2D eigenvalue weighted by molar-refractivity contribution is -0.126. The zero-order chi connectivity index (χ0) is 9.35. The van der Waals surface area contributed by atoms with Crippen LogP contribution in [0.5, 0.6) is 0 Å². The predicted octanol–water partition coefficient (Wildman–Crippen LogP) is 0.810. The van der Waals surface area contributed by atoms with E-state index in [2.05, 4.69) is 0 Å². The van der Waals surface area contributed by atoms with Crippen molar-refractivity contribution in [3.8, 4) is 0 Å². The third-order valence-corrected chi connectivity index (χ3v) is 1.84. The molecule has 0 aromatic rings. The zero-order valence-corrected chi connectivity index (χ0v) is 8.05. The van der Waals surface area contributed by atoms with Crippen LogP contribution >= 0.6 is 0 Å². The molecule has 68 valence electrons. The van der Waals surface area contributed by atoms with Gasteiger partial charge in [-0.25, -0.2) is 0 Å². The first kappa shape index (κ1) is 9.26. The Labute approximate surface area is 73.0 Å². The molecule has 12 heavy (non-hydrogen) atoms. The van der Waals surface area contributed by atoms with E-state index in [0.717, 1.165) is 5.57 Å². The number of rotatable bonds is 1. The fourth-order valence-corrected chi connectivity index (χ4v) is 1.18. The summed E-state index contributed by atoms with van der Waals surface area (Å²) >= 11 is 0. The van der Waals surface area contributed by atoms with Gasteiger partial charge in [-0.1, -0.05) is 0 Å². The SMILES string of the molecule is CN(C)/C=C1/COC(C)(C)C1=O. The van der Waals surface area contributed by atoms with Crippen molar-refractivity contribution in [3.63, 3.8) is 0 Å². The lowest BCUT2D eigenvalue weighted by Gasteiger charge is -2.12. The van der Waals surface area contributed by atoms with Crippen LogP contribution in [0, 0.1) is 0 Å². The summed E-state index contributed by atoms with van der Waals surface area (Å²) in [6.07, 6.45) is 1.82. The number of hydrogen-bond donors (Lipinski definition) is 0. The highest BCUT2D eigenvalue weighted by Gasteiger charge is 2.37.